The van der Waals surface area contributed by atoms with Crippen molar-refractivity contribution in [2.24, 2.45) is 0 Å². The predicted molar refractivity (Wildman–Crippen MR) is 123 cm³/mol. The van der Waals surface area contributed by atoms with E-state index in [-0.39, 0.29) is 28.9 Å². The van der Waals surface area contributed by atoms with Crippen LogP contribution in [0.5, 0.6) is 0 Å². The van der Waals surface area contributed by atoms with Gasteiger partial charge in [0.25, 0.3) is 5.56 Å². The van der Waals surface area contributed by atoms with Gasteiger partial charge in [-0.2, -0.15) is 4.98 Å². The summed E-state index contributed by atoms with van der Waals surface area (Å²) >= 11 is 5.96. The van der Waals surface area contributed by atoms with Gasteiger partial charge in [-0.1, -0.05) is 38.0 Å². The number of H-pyrrole nitrogens is 1. The lowest BCUT2D eigenvalue weighted by Gasteiger charge is -2.17. The highest BCUT2D eigenvalue weighted by Crippen LogP contribution is 2.14. The molecule has 166 valence electrons. The summed E-state index contributed by atoms with van der Waals surface area (Å²) in [5.74, 6) is -0.00803. The van der Waals surface area contributed by atoms with Crippen LogP contribution in [-0.2, 0) is 17.9 Å². The van der Waals surface area contributed by atoms with Crippen molar-refractivity contribution in [3.05, 3.63) is 56.5 Å². The van der Waals surface area contributed by atoms with E-state index >= 15 is 0 Å². The molecule has 2 aromatic heterocycles. The maximum atomic E-state index is 13.0. The van der Waals surface area contributed by atoms with Crippen molar-refractivity contribution < 1.29 is 4.79 Å². The fourth-order valence-corrected chi connectivity index (χ4v) is 3.74. The van der Waals surface area contributed by atoms with Crippen molar-refractivity contribution in [1.29, 1.82) is 0 Å². The van der Waals surface area contributed by atoms with Crippen molar-refractivity contribution in [2.45, 2.75) is 58.5 Å². The van der Waals surface area contributed by atoms with Gasteiger partial charge in [-0.3, -0.25) is 18.7 Å². The molecule has 0 unspecified atom stereocenters. The second-order valence-corrected chi connectivity index (χ2v) is 7.93. The maximum Gasteiger partial charge on any atom is 0.332 e. The molecule has 0 saturated heterocycles. The molecule has 1 aromatic carbocycles. The van der Waals surface area contributed by atoms with Gasteiger partial charge in [-0.25, -0.2) is 4.79 Å². The Morgan fingerprint density at radius 2 is 1.74 bits per heavy atom. The van der Waals surface area contributed by atoms with Crippen LogP contribution in [0, 0.1) is 0 Å². The summed E-state index contributed by atoms with van der Waals surface area (Å²) in [6.45, 7) is 2.80. The number of unbranched alkanes of at least 4 members (excludes halogenated alkanes) is 3. The Bertz CT molecular complexity index is 1150. The molecule has 8 nitrogen and oxygen atoms in total. The molecule has 0 radical (unpaired) electrons. The molecule has 0 bridgehead atoms. The number of aromatic nitrogens is 4. The van der Waals surface area contributed by atoms with Gasteiger partial charge < -0.3 is 9.88 Å². The van der Waals surface area contributed by atoms with Gasteiger partial charge >= 0.3 is 5.69 Å². The number of anilines is 1. The van der Waals surface area contributed by atoms with E-state index in [1.807, 2.05) is 30.3 Å². The lowest BCUT2D eigenvalue weighted by Crippen LogP contribution is -2.40. The summed E-state index contributed by atoms with van der Waals surface area (Å²) < 4.78 is 2.73. The third-order valence-corrected chi connectivity index (χ3v) is 5.54. The van der Waals surface area contributed by atoms with Crippen LogP contribution >= 0.6 is 11.6 Å². The Morgan fingerprint density at radius 3 is 2.45 bits per heavy atom. The monoisotopic (exact) mass is 445 g/mol. The average Bonchev–Trinajstić information content (AvgIpc) is 3.17. The first-order valence-corrected chi connectivity index (χ1v) is 11.0. The molecule has 0 saturated carbocycles. The third-order valence-electron chi connectivity index (χ3n) is 5.36. The highest BCUT2D eigenvalue weighted by molar-refractivity contribution is 6.28. The minimum atomic E-state index is -0.432. The Labute approximate surface area is 185 Å². The molecule has 3 rings (SSSR count). The molecule has 0 aliphatic carbocycles. The van der Waals surface area contributed by atoms with Crippen LogP contribution in [0.3, 0.4) is 0 Å². The maximum absolute atomic E-state index is 13.0. The first kappa shape index (κ1) is 22.8. The number of hydrogen-bond acceptors (Lipinski definition) is 4. The number of para-hydroxylation sites is 1. The SMILES string of the molecule is CCCCCn1c(=O)n(CCCCC(=O)N(C)c2ccccc2)c(=O)c2[nH]c(Cl)nc21. The van der Waals surface area contributed by atoms with Gasteiger partial charge in [-0.15, -0.1) is 0 Å². The number of aromatic amines is 1. The number of hydrogen-bond donors (Lipinski definition) is 1. The Balaban J connectivity index is 1.70. The molecule has 9 heteroatoms. The Hall–Kier alpha value is -2.87. The largest absolute Gasteiger partial charge is 0.332 e. The van der Waals surface area contributed by atoms with Gasteiger partial charge in [0.05, 0.1) is 0 Å². The molecule has 3 aromatic rings. The van der Waals surface area contributed by atoms with Crippen LogP contribution in [0.25, 0.3) is 11.2 Å². The summed E-state index contributed by atoms with van der Waals surface area (Å²) in [5.41, 5.74) is 0.552. The minimum Gasteiger partial charge on any atom is -0.323 e. The number of imidazole rings is 1. The van der Waals surface area contributed by atoms with Gasteiger partial charge in [-0.05, 0) is 43.0 Å². The topological polar surface area (TPSA) is 93.0 Å². The second kappa shape index (κ2) is 10.4. The van der Waals surface area contributed by atoms with E-state index in [9.17, 15) is 14.4 Å². The van der Waals surface area contributed by atoms with Crippen LogP contribution in [0.2, 0.25) is 5.28 Å². The highest BCUT2D eigenvalue weighted by atomic mass is 35.5. The molecule has 31 heavy (non-hydrogen) atoms. The van der Waals surface area contributed by atoms with Crippen LogP contribution in [0.4, 0.5) is 5.69 Å². The van der Waals surface area contributed by atoms with E-state index < -0.39 is 5.56 Å². The highest BCUT2D eigenvalue weighted by Gasteiger charge is 2.17. The van der Waals surface area contributed by atoms with Crippen LogP contribution in [0.1, 0.15) is 45.4 Å². The summed E-state index contributed by atoms with van der Waals surface area (Å²) in [6, 6.07) is 9.43. The van der Waals surface area contributed by atoms with Crippen molar-refractivity contribution in [1.82, 2.24) is 19.1 Å². The molecule has 1 amide bonds. The normalized spacial score (nSPS) is 11.2. The van der Waals surface area contributed by atoms with Crippen LogP contribution in [0.15, 0.2) is 39.9 Å². The van der Waals surface area contributed by atoms with Crippen LogP contribution < -0.4 is 16.1 Å². The number of halogens is 1. The molecular weight excluding hydrogens is 418 g/mol. The summed E-state index contributed by atoms with van der Waals surface area (Å²) in [6.07, 6.45) is 4.25. The first-order valence-electron chi connectivity index (χ1n) is 10.6. The Kier molecular flexibility index (Phi) is 7.68. The van der Waals surface area contributed by atoms with E-state index in [0.29, 0.717) is 31.5 Å². The fraction of sp³-hybridized carbons (Fsp3) is 0.455. The minimum absolute atomic E-state index is 0.00803. The number of fused-ring (bicyclic) bond motifs is 1. The number of amides is 1. The molecule has 0 atom stereocenters. The molecule has 0 aliphatic heterocycles. The predicted octanol–water partition coefficient (Wildman–Crippen LogP) is 3.56. The summed E-state index contributed by atoms with van der Waals surface area (Å²) in [5, 5.41) is 0.0861. The smallest absolute Gasteiger partial charge is 0.323 e. The van der Waals surface area contributed by atoms with Gasteiger partial charge in [0, 0.05) is 32.2 Å². The molecule has 0 spiro atoms. The third kappa shape index (κ3) is 5.25. The zero-order valence-corrected chi connectivity index (χ0v) is 18.7. The van der Waals surface area contributed by atoms with Crippen molar-refractivity contribution in [2.75, 3.05) is 11.9 Å². The van der Waals surface area contributed by atoms with Crippen molar-refractivity contribution >= 4 is 34.4 Å². The lowest BCUT2D eigenvalue weighted by atomic mass is 10.2. The lowest BCUT2D eigenvalue weighted by molar-refractivity contribution is -0.118. The van der Waals surface area contributed by atoms with Gasteiger partial charge in [0.2, 0.25) is 11.2 Å². The molecule has 1 N–H and O–H groups in total. The Morgan fingerprint density at radius 1 is 1.06 bits per heavy atom. The fourth-order valence-electron chi connectivity index (χ4n) is 3.57. The quantitative estimate of drug-likeness (QED) is 0.381. The van der Waals surface area contributed by atoms with E-state index in [1.54, 1.807) is 11.9 Å². The van der Waals surface area contributed by atoms with Crippen molar-refractivity contribution in [3.8, 4) is 0 Å². The molecule has 0 aliphatic rings. The molecule has 0 fully saturated rings. The number of carbonyl (C=O) groups excluding carboxylic acids is 1. The zero-order valence-electron chi connectivity index (χ0n) is 17.9. The molecular formula is C22H28ClN5O3. The van der Waals surface area contributed by atoms with E-state index in [4.69, 9.17) is 11.6 Å². The number of nitrogens with one attached hydrogen (secondary N) is 1. The van der Waals surface area contributed by atoms with Crippen molar-refractivity contribution in [3.63, 3.8) is 0 Å². The van der Waals surface area contributed by atoms with Gasteiger partial charge in [0.15, 0.2) is 11.2 Å². The van der Waals surface area contributed by atoms with Crippen LogP contribution in [-0.4, -0.2) is 32.1 Å². The second-order valence-electron chi connectivity index (χ2n) is 7.57. The standard InChI is InChI=1S/C22H28ClN5O3/c1-3-4-9-14-27-19-18(24-21(23)25-19)20(30)28(22(27)31)15-10-8-13-17(29)26(2)16-11-6-5-7-12-16/h5-7,11-12H,3-4,8-10,13-15H2,1-2H3,(H,24,25). The number of carbonyl (C=O) groups is 1. The van der Waals surface area contributed by atoms with E-state index in [1.165, 1.54) is 9.13 Å². The van der Waals surface area contributed by atoms with E-state index in [2.05, 4.69) is 16.9 Å². The summed E-state index contributed by atoms with van der Waals surface area (Å²) in [4.78, 5) is 46.7. The van der Waals surface area contributed by atoms with E-state index in [0.717, 1.165) is 24.9 Å². The zero-order chi connectivity index (χ0) is 22.4. The summed E-state index contributed by atoms with van der Waals surface area (Å²) in [7, 11) is 1.74. The number of benzene rings is 1. The number of rotatable bonds is 10. The van der Waals surface area contributed by atoms with Gasteiger partial charge in [0.1, 0.15) is 0 Å². The first-order chi connectivity index (χ1) is 14.9. The molecule has 2 heterocycles. The number of aryl methyl sites for hydroxylation is 1. The number of nitrogens with zero attached hydrogens (tertiary/aromatic N) is 4. The average molecular weight is 446 g/mol.